The normalized spacial score (nSPS) is 29.2. The van der Waals surface area contributed by atoms with Crippen LogP contribution in [-0.4, -0.2) is 40.3 Å². The Morgan fingerprint density at radius 2 is 1.92 bits per heavy atom. The van der Waals surface area contributed by atoms with Crippen LogP contribution in [-0.2, 0) is 9.53 Å². The van der Waals surface area contributed by atoms with Crippen molar-refractivity contribution in [2.45, 2.75) is 58.2 Å². The fourth-order valence-electron chi connectivity index (χ4n) is 4.25. The highest BCUT2D eigenvalue weighted by molar-refractivity contribution is 9.10. The number of hydrogen-bond acceptors (Lipinski definition) is 3. The lowest BCUT2D eigenvalue weighted by atomic mass is 9.70. The molecule has 142 valence electrons. The molecule has 1 N–H and O–H groups in total. The molecule has 1 saturated carbocycles. The number of benzene rings is 1. The van der Waals surface area contributed by atoms with Gasteiger partial charge in [0.1, 0.15) is 5.72 Å². The van der Waals surface area contributed by atoms with E-state index in [1.54, 1.807) is 18.2 Å². The molecule has 1 aromatic carbocycles. The minimum absolute atomic E-state index is 0.0509. The van der Waals surface area contributed by atoms with Crippen molar-refractivity contribution in [3.8, 4) is 0 Å². The molecule has 1 aromatic rings. The number of hydrogen-bond donors (Lipinski definition) is 1. The van der Waals surface area contributed by atoms with Crippen molar-refractivity contribution in [3.63, 3.8) is 0 Å². The zero-order chi connectivity index (χ0) is 19.1. The van der Waals surface area contributed by atoms with Crippen molar-refractivity contribution in [2.24, 2.45) is 11.3 Å². The number of rotatable bonds is 2. The number of halogens is 1. The van der Waals surface area contributed by atoms with Crippen LogP contribution in [0.5, 0.6) is 0 Å². The molecular weight excluding hydrogens is 398 g/mol. The summed E-state index contributed by atoms with van der Waals surface area (Å²) >= 11 is 3.38. The highest BCUT2D eigenvalue weighted by Crippen LogP contribution is 2.47. The first-order chi connectivity index (χ1) is 12.1. The van der Waals surface area contributed by atoms with Gasteiger partial charge in [-0.15, -0.1) is 0 Å². The number of carboxylic acids is 1. The SMILES string of the molecule is CC(C)(C)C1CCC2(CC1)OC[C@H](C(=O)O)N2C(=O)c1cccc(Br)c1. The van der Waals surface area contributed by atoms with Gasteiger partial charge in [-0.25, -0.2) is 4.79 Å². The predicted octanol–water partition coefficient (Wildman–Crippen LogP) is 4.31. The Hall–Kier alpha value is -1.40. The molecule has 1 saturated heterocycles. The second-order valence-corrected chi connectivity index (χ2v) is 9.35. The maximum absolute atomic E-state index is 13.2. The van der Waals surface area contributed by atoms with E-state index in [0.29, 0.717) is 24.3 Å². The van der Waals surface area contributed by atoms with Gasteiger partial charge in [0, 0.05) is 10.0 Å². The van der Waals surface area contributed by atoms with Crippen LogP contribution < -0.4 is 0 Å². The van der Waals surface area contributed by atoms with Gasteiger partial charge in [0.05, 0.1) is 6.61 Å². The quantitative estimate of drug-likeness (QED) is 0.769. The average molecular weight is 424 g/mol. The van der Waals surface area contributed by atoms with Crippen molar-refractivity contribution in [3.05, 3.63) is 34.3 Å². The van der Waals surface area contributed by atoms with Gasteiger partial charge >= 0.3 is 5.97 Å². The summed E-state index contributed by atoms with van der Waals surface area (Å²) in [5.74, 6) is -0.739. The predicted molar refractivity (Wildman–Crippen MR) is 102 cm³/mol. The fraction of sp³-hybridized carbons (Fsp3) is 0.600. The van der Waals surface area contributed by atoms with Crippen molar-refractivity contribution in [2.75, 3.05) is 6.61 Å². The van der Waals surface area contributed by atoms with Crippen molar-refractivity contribution >= 4 is 27.8 Å². The molecule has 0 radical (unpaired) electrons. The number of carbonyl (C=O) groups excluding carboxylic acids is 1. The molecule has 2 fully saturated rings. The third kappa shape index (κ3) is 3.54. The number of carboxylic acid groups (broad SMARTS) is 1. The zero-order valence-corrected chi connectivity index (χ0v) is 17.1. The maximum Gasteiger partial charge on any atom is 0.328 e. The summed E-state index contributed by atoms with van der Waals surface area (Å²) in [6.07, 6.45) is 3.22. The highest BCUT2D eigenvalue weighted by Gasteiger charge is 2.54. The summed E-state index contributed by atoms with van der Waals surface area (Å²) in [6.45, 7) is 6.75. The van der Waals surface area contributed by atoms with E-state index in [9.17, 15) is 14.7 Å². The van der Waals surface area contributed by atoms with E-state index in [4.69, 9.17) is 4.74 Å². The van der Waals surface area contributed by atoms with Crippen LogP contribution in [0, 0.1) is 11.3 Å². The first kappa shape index (κ1) is 19.4. The van der Waals surface area contributed by atoms with E-state index >= 15 is 0 Å². The number of amides is 1. The number of carbonyl (C=O) groups is 2. The number of aliphatic carboxylic acids is 1. The van der Waals surface area contributed by atoms with Gasteiger partial charge < -0.3 is 9.84 Å². The molecule has 1 aliphatic carbocycles. The van der Waals surface area contributed by atoms with Gasteiger partial charge in [-0.2, -0.15) is 0 Å². The van der Waals surface area contributed by atoms with E-state index in [1.165, 1.54) is 4.90 Å². The smallest absolute Gasteiger partial charge is 0.328 e. The van der Waals surface area contributed by atoms with Crippen LogP contribution >= 0.6 is 15.9 Å². The summed E-state index contributed by atoms with van der Waals surface area (Å²) in [6, 6.07) is 6.14. The molecule has 26 heavy (non-hydrogen) atoms. The largest absolute Gasteiger partial charge is 0.480 e. The Morgan fingerprint density at radius 1 is 1.27 bits per heavy atom. The minimum Gasteiger partial charge on any atom is -0.480 e. The van der Waals surface area contributed by atoms with Gasteiger partial charge in [0.15, 0.2) is 6.04 Å². The topological polar surface area (TPSA) is 66.8 Å². The lowest BCUT2D eigenvalue weighted by Crippen LogP contribution is -2.55. The third-order valence-electron chi connectivity index (χ3n) is 5.83. The first-order valence-corrected chi connectivity index (χ1v) is 9.89. The molecule has 5 nitrogen and oxygen atoms in total. The van der Waals surface area contributed by atoms with Crippen LogP contribution in [0.4, 0.5) is 0 Å². The van der Waals surface area contributed by atoms with Gasteiger partial charge in [-0.05, 0) is 55.2 Å². The summed E-state index contributed by atoms with van der Waals surface area (Å²) in [5.41, 5.74) is -0.121. The lowest BCUT2D eigenvalue weighted by molar-refractivity contribution is -0.144. The van der Waals surface area contributed by atoms with Gasteiger partial charge in [0.2, 0.25) is 0 Å². The molecule has 3 rings (SSSR count). The highest BCUT2D eigenvalue weighted by atomic mass is 79.9. The van der Waals surface area contributed by atoms with E-state index < -0.39 is 17.7 Å². The van der Waals surface area contributed by atoms with Crippen LogP contribution in [0.1, 0.15) is 56.8 Å². The molecule has 0 unspecified atom stereocenters. The van der Waals surface area contributed by atoms with Crippen LogP contribution in [0.25, 0.3) is 0 Å². The fourth-order valence-corrected chi connectivity index (χ4v) is 4.65. The molecule has 1 aliphatic heterocycles. The molecule has 1 amide bonds. The van der Waals surface area contributed by atoms with E-state index in [-0.39, 0.29) is 17.9 Å². The molecule has 1 heterocycles. The minimum atomic E-state index is -1.01. The lowest BCUT2D eigenvalue weighted by Gasteiger charge is -2.46. The summed E-state index contributed by atoms with van der Waals surface area (Å²) in [7, 11) is 0. The maximum atomic E-state index is 13.2. The Bertz CT molecular complexity index is 704. The first-order valence-electron chi connectivity index (χ1n) is 9.10. The van der Waals surface area contributed by atoms with E-state index in [2.05, 4.69) is 36.7 Å². The Kier molecular flexibility index (Phi) is 5.19. The third-order valence-corrected chi connectivity index (χ3v) is 6.32. The Labute approximate surface area is 162 Å². The van der Waals surface area contributed by atoms with Crippen LogP contribution in [0.15, 0.2) is 28.7 Å². The van der Waals surface area contributed by atoms with Crippen molar-refractivity contribution < 1.29 is 19.4 Å². The number of nitrogens with zero attached hydrogens (tertiary/aromatic N) is 1. The average Bonchev–Trinajstić information content (AvgIpc) is 2.92. The molecule has 1 spiro atoms. The molecule has 2 aliphatic rings. The van der Waals surface area contributed by atoms with E-state index in [0.717, 1.165) is 17.3 Å². The zero-order valence-electron chi connectivity index (χ0n) is 15.5. The van der Waals surface area contributed by atoms with Gasteiger partial charge in [-0.3, -0.25) is 9.69 Å². The number of ether oxygens (including phenoxy) is 1. The summed E-state index contributed by atoms with van der Waals surface area (Å²) in [5, 5.41) is 9.65. The summed E-state index contributed by atoms with van der Waals surface area (Å²) < 4.78 is 6.81. The second-order valence-electron chi connectivity index (χ2n) is 8.44. The van der Waals surface area contributed by atoms with Crippen LogP contribution in [0.2, 0.25) is 0 Å². The molecular formula is C20H26BrNO4. The Balaban J connectivity index is 1.90. The monoisotopic (exact) mass is 423 g/mol. The standard InChI is InChI=1S/C20H26BrNO4/c1-19(2,3)14-7-9-20(10-8-14)22(16(12-26-20)18(24)25)17(23)13-5-4-6-15(21)11-13/h4-6,11,14,16H,7-10,12H2,1-3H3,(H,24,25)/t14?,16-,20?/m1/s1. The molecule has 0 aromatic heterocycles. The van der Waals surface area contributed by atoms with E-state index in [1.807, 2.05) is 6.07 Å². The Morgan fingerprint density at radius 3 is 2.46 bits per heavy atom. The van der Waals surface area contributed by atoms with Gasteiger partial charge in [-0.1, -0.05) is 42.8 Å². The van der Waals surface area contributed by atoms with Crippen LogP contribution in [0.3, 0.4) is 0 Å². The molecule has 0 bridgehead atoms. The van der Waals surface area contributed by atoms with Crippen molar-refractivity contribution in [1.82, 2.24) is 4.90 Å². The van der Waals surface area contributed by atoms with Crippen molar-refractivity contribution in [1.29, 1.82) is 0 Å². The molecule has 6 heteroatoms. The summed E-state index contributed by atoms with van der Waals surface area (Å²) in [4.78, 5) is 26.5. The van der Waals surface area contributed by atoms with Gasteiger partial charge in [0.25, 0.3) is 5.91 Å². The molecule has 1 atom stereocenters. The second kappa shape index (κ2) is 6.97.